The average Bonchev–Trinajstić information content (AvgIpc) is 3.73. The summed E-state index contributed by atoms with van der Waals surface area (Å²) < 4.78 is 17.7. The number of allylic oxidation sites excluding steroid dienone is 2. The zero-order valence-corrected chi connectivity index (χ0v) is 36.7. The molecule has 8 rings (SSSR count). The highest BCUT2D eigenvalue weighted by molar-refractivity contribution is 6.00. The first-order chi connectivity index (χ1) is 26.7. The molecule has 0 amide bonds. The Hall–Kier alpha value is -2.87. The van der Waals surface area contributed by atoms with Crippen LogP contribution in [0.15, 0.2) is 29.3 Å². The molecule has 0 bridgehead atoms. The van der Waals surface area contributed by atoms with Crippen LogP contribution in [0.1, 0.15) is 152 Å². The van der Waals surface area contributed by atoms with Crippen molar-refractivity contribution in [3.05, 3.63) is 34.9 Å². The highest BCUT2D eigenvalue weighted by Gasteiger charge is 2.74. The Morgan fingerprint density at radius 1 is 0.895 bits per heavy atom. The molecule has 5 fully saturated rings. The molecular formula is C49H71NO7. The standard InChI is InChI=1S/C49H71NO7/c1-11-49-21-19-46(9)37(47(49,10)17-16-38(44(49,6)7)57-42(54)33-25-32(41(52)53)43(33,4)5)15-13-31-40-39(29(2)3)34(51)26-48(40,20-18-45(31,46)8)22-23-50-27-30-12-14-35-36(24-30)56-28-55-35/h12,14,24,29,31-33,37-38,50H,11,13,15-23,25-28H2,1-10H3,(H,52,53)/t31-,32+,33-,37+,38+,45-,46-,47-,48-,49+/m1/s1. The van der Waals surface area contributed by atoms with Crippen LogP contribution in [0, 0.1) is 67.5 Å². The fourth-order valence-corrected chi connectivity index (χ4v) is 15.8. The van der Waals surface area contributed by atoms with E-state index in [4.69, 9.17) is 14.2 Å². The molecule has 8 nitrogen and oxygen atoms in total. The number of ether oxygens (including phenoxy) is 3. The van der Waals surface area contributed by atoms with Crippen molar-refractivity contribution in [3.8, 4) is 11.5 Å². The first-order valence-corrected chi connectivity index (χ1v) is 22.5. The number of carboxylic acids is 1. The molecule has 1 heterocycles. The minimum atomic E-state index is -0.817. The maximum atomic E-state index is 14.2. The summed E-state index contributed by atoms with van der Waals surface area (Å²) in [6.07, 6.45) is 11.5. The van der Waals surface area contributed by atoms with E-state index in [1.165, 1.54) is 12.0 Å². The van der Waals surface area contributed by atoms with Crippen molar-refractivity contribution in [1.29, 1.82) is 0 Å². The number of esters is 1. The van der Waals surface area contributed by atoms with Gasteiger partial charge in [-0.2, -0.15) is 0 Å². The lowest BCUT2D eigenvalue weighted by Gasteiger charge is -2.76. The Balaban J connectivity index is 1.04. The molecule has 57 heavy (non-hydrogen) atoms. The van der Waals surface area contributed by atoms with Crippen LogP contribution < -0.4 is 14.8 Å². The quantitative estimate of drug-likeness (QED) is 0.178. The van der Waals surface area contributed by atoms with Gasteiger partial charge in [-0.1, -0.05) is 80.9 Å². The molecule has 1 aliphatic heterocycles. The van der Waals surface area contributed by atoms with Crippen LogP contribution in [0.4, 0.5) is 0 Å². The Morgan fingerprint density at radius 2 is 1.61 bits per heavy atom. The van der Waals surface area contributed by atoms with Crippen molar-refractivity contribution in [1.82, 2.24) is 5.32 Å². The molecule has 2 N–H and O–H groups in total. The number of Topliss-reactive ketones (excluding diaryl/α,β-unsaturated/α-hetero) is 1. The van der Waals surface area contributed by atoms with Crippen LogP contribution in [0.2, 0.25) is 0 Å². The van der Waals surface area contributed by atoms with Gasteiger partial charge in [0.2, 0.25) is 6.79 Å². The topological polar surface area (TPSA) is 111 Å². The highest BCUT2D eigenvalue weighted by Crippen LogP contribution is 2.80. The van der Waals surface area contributed by atoms with E-state index in [1.807, 2.05) is 19.9 Å². The molecule has 0 aromatic heterocycles. The average molecular weight is 786 g/mol. The summed E-state index contributed by atoms with van der Waals surface area (Å²) in [7, 11) is 0. The van der Waals surface area contributed by atoms with Crippen molar-refractivity contribution in [2.24, 2.45) is 67.5 Å². The van der Waals surface area contributed by atoms with E-state index in [1.54, 1.807) is 5.57 Å². The summed E-state index contributed by atoms with van der Waals surface area (Å²) in [6.45, 7) is 25.3. The second kappa shape index (κ2) is 13.6. The van der Waals surface area contributed by atoms with Gasteiger partial charge in [-0.3, -0.25) is 14.4 Å². The lowest BCUT2D eigenvalue weighted by atomic mass is 9.29. The fourth-order valence-electron chi connectivity index (χ4n) is 15.8. The fraction of sp³-hybridized carbons (Fsp3) is 0.776. The number of rotatable bonds is 10. The maximum absolute atomic E-state index is 14.2. The second-order valence-corrected chi connectivity index (χ2v) is 22.0. The van der Waals surface area contributed by atoms with E-state index in [2.05, 4.69) is 72.8 Å². The molecule has 1 aromatic rings. The molecule has 0 radical (unpaired) electrons. The van der Waals surface area contributed by atoms with Crippen molar-refractivity contribution < 1.29 is 33.7 Å². The minimum absolute atomic E-state index is 0.00304. The van der Waals surface area contributed by atoms with Crippen molar-refractivity contribution >= 4 is 17.7 Å². The highest BCUT2D eigenvalue weighted by atomic mass is 16.7. The molecule has 8 heteroatoms. The molecular weight excluding hydrogens is 715 g/mol. The third-order valence-electron chi connectivity index (χ3n) is 19.5. The van der Waals surface area contributed by atoms with Gasteiger partial charge in [0.25, 0.3) is 0 Å². The number of carbonyl (C=O) groups is 3. The van der Waals surface area contributed by atoms with Gasteiger partial charge >= 0.3 is 11.9 Å². The van der Waals surface area contributed by atoms with E-state index in [-0.39, 0.29) is 63.2 Å². The Labute approximate surface area is 342 Å². The van der Waals surface area contributed by atoms with Crippen molar-refractivity contribution in [2.75, 3.05) is 13.3 Å². The number of hydrogen-bond donors (Lipinski definition) is 2. The van der Waals surface area contributed by atoms with Crippen LogP contribution in [0.25, 0.3) is 0 Å². The Kier molecular flexibility index (Phi) is 9.74. The predicted octanol–water partition coefficient (Wildman–Crippen LogP) is 10.3. The first kappa shape index (κ1) is 40.9. The van der Waals surface area contributed by atoms with E-state index in [0.717, 1.165) is 87.9 Å². The first-order valence-electron chi connectivity index (χ1n) is 22.5. The molecule has 7 aliphatic rings. The van der Waals surface area contributed by atoms with Gasteiger partial charge < -0.3 is 24.6 Å². The molecule has 0 saturated heterocycles. The molecule has 0 unspecified atom stereocenters. The van der Waals surface area contributed by atoms with Crippen LogP contribution in [0.5, 0.6) is 11.5 Å². The normalized spacial score (nSPS) is 41.1. The summed E-state index contributed by atoms with van der Waals surface area (Å²) in [5.41, 5.74) is 3.26. The lowest BCUT2D eigenvalue weighted by molar-refractivity contribution is -0.279. The molecule has 10 atom stereocenters. The summed E-state index contributed by atoms with van der Waals surface area (Å²) in [5, 5.41) is 13.5. The number of nitrogens with one attached hydrogen (secondary N) is 1. The molecule has 1 aromatic carbocycles. The molecule has 5 saturated carbocycles. The van der Waals surface area contributed by atoms with Gasteiger partial charge in [0, 0.05) is 23.8 Å². The lowest BCUT2D eigenvalue weighted by Crippen LogP contribution is -2.70. The largest absolute Gasteiger partial charge is 0.481 e. The zero-order valence-electron chi connectivity index (χ0n) is 36.7. The minimum Gasteiger partial charge on any atom is -0.481 e. The van der Waals surface area contributed by atoms with Gasteiger partial charge in [0.15, 0.2) is 17.3 Å². The molecule has 6 aliphatic carbocycles. The van der Waals surface area contributed by atoms with E-state index >= 15 is 0 Å². The van der Waals surface area contributed by atoms with E-state index in [0.29, 0.717) is 30.5 Å². The number of ketones is 1. The van der Waals surface area contributed by atoms with Gasteiger partial charge in [-0.25, -0.2) is 0 Å². The zero-order chi connectivity index (χ0) is 41.1. The number of fused-ring (bicyclic) bond motifs is 8. The number of benzene rings is 1. The van der Waals surface area contributed by atoms with E-state index in [9.17, 15) is 19.5 Å². The number of aliphatic carboxylic acids is 1. The van der Waals surface area contributed by atoms with Crippen LogP contribution in [0.3, 0.4) is 0 Å². The number of carboxylic acid groups (broad SMARTS) is 1. The van der Waals surface area contributed by atoms with E-state index < -0.39 is 17.3 Å². The smallest absolute Gasteiger partial charge is 0.309 e. The summed E-state index contributed by atoms with van der Waals surface area (Å²) in [5.74, 6) is 1.29. The van der Waals surface area contributed by atoms with Crippen LogP contribution in [-0.4, -0.2) is 42.3 Å². The predicted molar refractivity (Wildman–Crippen MR) is 220 cm³/mol. The SMILES string of the molecule is CC[C@@]12CC[C@]3(C)[C@H](CC[C@@H]4C5=C(C(C)C)C(=O)C[C@]5(CCNCc5ccc6c(c5)OCO6)CC[C@]43C)[C@@]1(C)CC[C@H](OC(=O)[C@H]1C[C@@H](C(=O)O)C1(C)C)C2(C)C. The van der Waals surface area contributed by atoms with Crippen LogP contribution >= 0.6 is 0 Å². The van der Waals surface area contributed by atoms with Gasteiger partial charge in [-0.15, -0.1) is 0 Å². The van der Waals surface area contributed by atoms with Crippen molar-refractivity contribution in [3.63, 3.8) is 0 Å². The monoisotopic (exact) mass is 786 g/mol. The summed E-state index contributed by atoms with van der Waals surface area (Å²) in [4.78, 5) is 39.9. The van der Waals surface area contributed by atoms with Crippen molar-refractivity contribution in [2.45, 2.75) is 159 Å². The molecule has 314 valence electrons. The summed E-state index contributed by atoms with van der Waals surface area (Å²) in [6, 6.07) is 6.18. The number of carbonyl (C=O) groups excluding carboxylic acids is 2. The Bertz CT molecular complexity index is 1860. The maximum Gasteiger partial charge on any atom is 0.309 e. The third-order valence-corrected chi connectivity index (χ3v) is 19.5. The Morgan fingerprint density at radius 3 is 2.30 bits per heavy atom. The van der Waals surface area contributed by atoms with Gasteiger partial charge in [0.05, 0.1) is 11.8 Å². The van der Waals surface area contributed by atoms with Crippen LogP contribution in [-0.2, 0) is 25.7 Å². The summed E-state index contributed by atoms with van der Waals surface area (Å²) >= 11 is 0. The third kappa shape index (κ3) is 5.55. The van der Waals surface area contributed by atoms with Gasteiger partial charge in [-0.05, 0) is 145 Å². The number of hydrogen-bond acceptors (Lipinski definition) is 7. The van der Waals surface area contributed by atoms with Gasteiger partial charge in [0.1, 0.15) is 6.10 Å². The second-order valence-electron chi connectivity index (χ2n) is 22.0. The molecule has 0 spiro atoms.